The lowest BCUT2D eigenvalue weighted by atomic mass is 10.1. The first-order valence-corrected chi connectivity index (χ1v) is 10.9. The van der Waals surface area contributed by atoms with Gasteiger partial charge in [-0.2, -0.15) is 0 Å². The summed E-state index contributed by atoms with van der Waals surface area (Å²) in [6.45, 7) is 2.29. The van der Waals surface area contributed by atoms with E-state index >= 15 is 0 Å². The molecule has 0 saturated carbocycles. The number of carbonyl (C=O) groups excluding carboxylic acids is 2. The molecular formula is C27H22N2O6. The molecule has 0 atom stereocenters. The maximum Gasteiger partial charge on any atom is 0.248 e. The van der Waals surface area contributed by atoms with Gasteiger partial charge in [0.25, 0.3) is 0 Å². The van der Waals surface area contributed by atoms with Crippen LogP contribution in [0.3, 0.4) is 0 Å². The zero-order valence-electron chi connectivity index (χ0n) is 18.9. The molecule has 2 aliphatic rings. The second-order valence-corrected chi connectivity index (χ2v) is 7.92. The van der Waals surface area contributed by atoms with Gasteiger partial charge in [-0.15, -0.1) is 0 Å². The number of amides is 2. The van der Waals surface area contributed by atoms with Gasteiger partial charge in [-0.1, -0.05) is 18.2 Å². The molecule has 0 bridgehead atoms. The summed E-state index contributed by atoms with van der Waals surface area (Å²) < 4.78 is 21.3. The van der Waals surface area contributed by atoms with Crippen molar-refractivity contribution in [3.05, 3.63) is 83.4 Å². The molecule has 3 aromatic carbocycles. The molecule has 2 aliphatic heterocycles. The molecule has 0 unspecified atom stereocenters. The van der Waals surface area contributed by atoms with Gasteiger partial charge in [0, 0.05) is 12.2 Å². The minimum absolute atomic E-state index is 0.191. The Labute approximate surface area is 201 Å². The quantitative estimate of drug-likeness (QED) is 0.505. The highest BCUT2D eigenvalue weighted by molar-refractivity contribution is 6.08. The predicted molar refractivity (Wildman–Crippen MR) is 132 cm³/mol. The Balaban J connectivity index is 1.24. The van der Waals surface area contributed by atoms with Crippen LogP contribution in [-0.2, 0) is 9.59 Å². The second-order valence-electron chi connectivity index (χ2n) is 7.92. The lowest BCUT2D eigenvalue weighted by Crippen LogP contribution is -2.13. The minimum atomic E-state index is -0.335. The average molecular weight is 470 g/mol. The lowest BCUT2D eigenvalue weighted by molar-refractivity contribution is -0.112. The van der Waals surface area contributed by atoms with E-state index < -0.39 is 0 Å². The van der Waals surface area contributed by atoms with Crippen LogP contribution in [0.5, 0.6) is 23.0 Å². The SMILES string of the molecule is Cc1ccc(NC(=O)/C=C/c2ccc3c(c2)OCO3)c(NC(=O)/C=C\c2ccc3c(c2)OCO3)c1. The molecule has 3 aromatic rings. The van der Waals surface area contributed by atoms with Gasteiger partial charge in [0.1, 0.15) is 0 Å². The molecule has 2 amide bonds. The van der Waals surface area contributed by atoms with Crippen LogP contribution in [0.4, 0.5) is 11.4 Å². The van der Waals surface area contributed by atoms with E-state index in [1.54, 1.807) is 48.6 Å². The normalized spacial score (nSPS) is 13.4. The first-order valence-electron chi connectivity index (χ1n) is 10.9. The van der Waals surface area contributed by atoms with Crippen molar-refractivity contribution in [2.75, 3.05) is 24.2 Å². The van der Waals surface area contributed by atoms with Gasteiger partial charge in [-0.25, -0.2) is 0 Å². The summed E-state index contributed by atoms with van der Waals surface area (Å²) in [4.78, 5) is 25.1. The Hall–Kier alpha value is -4.72. The second kappa shape index (κ2) is 9.64. The molecule has 0 aromatic heterocycles. The topological polar surface area (TPSA) is 95.1 Å². The molecule has 0 fully saturated rings. The zero-order valence-corrected chi connectivity index (χ0v) is 18.9. The number of rotatable bonds is 6. The number of hydrogen-bond donors (Lipinski definition) is 2. The molecule has 8 nitrogen and oxygen atoms in total. The van der Waals surface area contributed by atoms with Gasteiger partial charge in [0.2, 0.25) is 25.4 Å². The largest absolute Gasteiger partial charge is 0.454 e. The van der Waals surface area contributed by atoms with Crippen molar-refractivity contribution in [2.45, 2.75) is 6.92 Å². The van der Waals surface area contributed by atoms with Crippen molar-refractivity contribution in [3.8, 4) is 23.0 Å². The maximum atomic E-state index is 12.6. The van der Waals surface area contributed by atoms with Gasteiger partial charge in [0.15, 0.2) is 23.0 Å². The monoisotopic (exact) mass is 470 g/mol. The fourth-order valence-electron chi connectivity index (χ4n) is 3.60. The number of ether oxygens (including phenoxy) is 4. The first-order chi connectivity index (χ1) is 17.0. The van der Waals surface area contributed by atoms with Crippen molar-refractivity contribution in [3.63, 3.8) is 0 Å². The first kappa shape index (κ1) is 22.1. The van der Waals surface area contributed by atoms with Gasteiger partial charge >= 0.3 is 0 Å². The van der Waals surface area contributed by atoms with Crippen LogP contribution in [0.1, 0.15) is 16.7 Å². The molecule has 35 heavy (non-hydrogen) atoms. The summed E-state index contributed by atoms with van der Waals surface area (Å²) in [6.07, 6.45) is 6.20. The Bertz CT molecular complexity index is 1360. The van der Waals surface area contributed by atoms with Crippen LogP contribution in [0.2, 0.25) is 0 Å². The molecule has 5 rings (SSSR count). The molecule has 176 valence electrons. The highest BCUT2D eigenvalue weighted by Crippen LogP contribution is 2.34. The number of anilines is 2. The summed E-state index contributed by atoms with van der Waals surface area (Å²) in [7, 11) is 0. The highest BCUT2D eigenvalue weighted by atomic mass is 16.7. The van der Waals surface area contributed by atoms with Crippen LogP contribution in [0.15, 0.2) is 66.7 Å². The van der Waals surface area contributed by atoms with E-state index in [4.69, 9.17) is 18.9 Å². The van der Waals surface area contributed by atoms with E-state index in [0.717, 1.165) is 16.7 Å². The number of nitrogens with one attached hydrogen (secondary N) is 2. The molecule has 2 N–H and O–H groups in total. The van der Waals surface area contributed by atoms with Gasteiger partial charge in [0.05, 0.1) is 11.4 Å². The van der Waals surface area contributed by atoms with Gasteiger partial charge in [-0.3, -0.25) is 9.59 Å². The number of fused-ring (bicyclic) bond motifs is 2. The van der Waals surface area contributed by atoms with Crippen LogP contribution < -0.4 is 29.6 Å². The summed E-state index contributed by atoms with van der Waals surface area (Å²) in [5.74, 6) is 1.98. The molecule has 0 saturated heterocycles. The zero-order chi connectivity index (χ0) is 24.2. The van der Waals surface area contributed by atoms with Crippen molar-refractivity contribution in [1.29, 1.82) is 0 Å². The lowest BCUT2D eigenvalue weighted by Gasteiger charge is -2.11. The smallest absolute Gasteiger partial charge is 0.248 e. The third-order valence-electron chi connectivity index (χ3n) is 5.34. The van der Waals surface area contributed by atoms with Crippen molar-refractivity contribution in [1.82, 2.24) is 0 Å². The number of aryl methyl sites for hydroxylation is 1. The molecule has 0 spiro atoms. The van der Waals surface area contributed by atoms with E-state index in [-0.39, 0.29) is 25.4 Å². The Morgan fingerprint density at radius 2 is 1.17 bits per heavy atom. The van der Waals surface area contributed by atoms with Crippen molar-refractivity contribution in [2.24, 2.45) is 0 Å². The van der Waals surface area contributed by atoms with Crippen LogP contribution >= 0.6 is 0 Å². The standard InChI is InChI=1S/C27H22N2O6/c1-17-2-7-20(28-26(30)10-5-18-3-8-22-24(13-18)34-15-32-22)21(12-17)29-27(31)11-6-19-4-9-23-25(14-19)35-16-33-23/h2-14H,15-16H2,1H3,(H,28,30)(H,29,31)/b10-5+,11-6-. The van der Waals surface area contributed by atoms with Crippen molar-refractivity contribution < 1.29 is 28.5 Å². The summed E-state index contributed by atoms with van der Waals surface area (Å²) in [5.41, 5.74) is 3.52. The van der Waals surface area contributed by atoms with E-state index in [1.165, 1.54) is 12.2 Å². The van der Waals surface area contributed by atoms with Gasteiger partial charge < -0.3 is 29.6 Å². The molecule has 2 heterocycles. The van der Waals surface area contributed by atoms with Crippen LogP contribution in [0, 0.1) is 6.92 Å². The third kappa shape index (κ3) is 5.27. The summed E-state index contributed by atoms with van der Waals surface area (Å²) in [6, 6.07) is 16.3. The van der Waals surface area contributed by atoms with E-state index in [0.29, 0.717) is 34.4 Å². The van der Waals surface area contributed by atoms with Crippen LogP contribution in [0.25, 0.3) is 12.2 Å². The summed E-state index contributed by atoms with van der Waals surface area (Å²) >= 11 is 0. The molecule has 0 radical (unpaired) electrons. The predicted octanol–water partition coefficient (Wildman–Crippen LogP) is 4.76. The van der Waals surface area contributed by atoms with Crippen molar-refractivity contribution >= 4 is 35.3 Å². The summed E-state index contributed by atoms with van der Waals surface area (Å²) in [5, 5.41) is 5.65. The molecule has 0 aliphatic carbocycles. The number of benzene rings is 3. The highest BCUT2D eigenvalue weighted by Gasteiger charge is 2.14. The van der Waals surface area contributed by atoms with E-state index in [1.807, 2.05) is 25.1 Å². The Kier molecular flexibility index (Phi) is 6.09. The Morgan fingerprint density at radius 1 is 0.657 bits per heavy atom. The minimum Gasteiger partial charge on any atom is -0.454 e. The van der Waals surface area contributed by atoms with E-state index in [9.17, 15) is 9.59 Å². The van der Waals surface area contributed by atoms with Gasteiger partial charge in [-0.05, 0) is 72.2 Å². The van der Waals surface area contributed by atoms with E-state index in [2.05, 4.69) is 10.6 Å². The Morgan fingerprint density at radius 3 is 1.74 bits per heavy atom. The number of hydrogen-bond acceptors (Lipinski definition) is 6. The maximum absolute atomic E-state index is 12.6. The third-order valence-corrected chi connectivity index (χ3v) is 5.34. The number of carbonyl (C=O) groups is 2. The average Bonchev–Trinajstić information content (AvgIpc) is 3.51. The fraction of sp³-hybridized carbons (Fsp3) is 0.111. The van der Waals surface area contributed by atoms with Crippen LogP contribution in [-0.4, -0.2) is 25.4 Å². The molecular weight excluding hydrogens is 448 g/mol. The molecule has 8 heteroatoms. The fourth-order valence-corrected chi connectivity index (χ4v) is 3.60.